The molecule has 0 saturated carbocycles. The van der Waals surface area contributed by atoms with Gasteiger partial charge < -0.3 is 21.1 Å². The van der Waals surface area contributed by atoms with Crippen LogP contribution in [0.25, 0.3) is 0 Å². The first-order valence-electron chi connectivity index (χ1n) is 6.97. The summed E-state index contributed by atoms with van der Waals surface area (Å²) in [7, 11) is 0. The van der Waals surface area contributed by atoms with Gasteiger partial charge in [-0.2, -0.15) is 0 Å². The van der Waals surface area contributed by atoms with Crippen molar-refractivity contribution in [1.29, 1.82) is 0 Å². The van der Waals surface area contributed by atoms with Crippen molar-refractivity contribution >= 4 is 52.1 Å². The molecule has 0 radical (unpaired) electrons. The van der Waals surface area contributed by atoms with Crippen LogP contribution in [0.3, 0.4) is 0 Å². The molecule has 2 rings (SSSR count). The van der Waals surface area contributed by atoms with Crippen molar-refractivity contribution in [2.45, 2.75) is 0 Å². The Labute approximate surface area is 155 Å². The fourth-order valence-electron chi connectivity index (χ4n) is 1.84. The summed E-state index contributed by atoms with van der Waals surface area (Å²) in [5.41, 5.74) is 6.37. The summed E-state index contributed by atoms with van der Waals surface area (Å²) < 4.78 is 5.54. The van der Waals surface area contributed by atoms with E-state index in [1.54, 1.807) is 42.5 Å². The van der Waals surface area contributed by atoms with E-state index < -0.39 is 5.91 Å². The summed E-state index contributed by atoms with van der Waals surface area (Å²) in [5.74, 6) is 0.121. The number of hydrogen-bond donors (Lipinski definition) is 3. The van der Waals surface area contributed by atoms with Crippen molar-refractivity contribution in [3.05, 3.63) is 58.1 Å². The van der Waals surface area contributed by atoms with Crippen LogP contribution in [0.4, 0.5) is 5.69 Å². The lowest BCUT2D eigenvalue weighted by Gasteiger charge is -2.12. The third-order valence-corrected chi connectivity index (χ3v) is 3.60. The van der Waals surface area contributed by atoms with Gasteiger partial charge >= 0.3 is 0 Å². The van der Waals surface area contributed by atoms with Crippen molar-refractivity contribution < 1.29 is 9.53 Å². The molecule has 0 aromatic heterocycles. The largest absolute Gasteiger partial charge is 0.492 e. The van der Waals surface area contributed by atoms with Gasteiger partial charge in [0.1, 0.15) is 12.4 Å². The predicted octanol–water partition coefficient (Wildman–Crippen LogP) is 3.46. The van der Waals surface area contributed by atoms with Gasteiger partial charge in [-0.3, -0.25) is 4.79 Å². The molecule has 0 aliphatic carbocycles. The van der Waals surface area contributed by atoms with Crippen LogP contribution in [-0.2, 0) is 0 Å². The highest BCUT2D eigenvalue weighted by Crippen LogP contribution is 2.23. The van der Waals surface area contributed by atoms with E-state index in [4.69, 9.17) is 45.9 Å². The Morgan fingerprint density at radius 2 is 1.75 bits per heavy atom. The smallest absolute Gasteiger partial charge is 0.248 e. The zero-order valence-electron chi connectivity index (χ0n) is 12.5. The fourth-order valence-corrected chi connectivity index (χ4v) is 2.56. The average molecular weight is 384 g/mol. The van der Waals surface area contributed by atoms with E-state index in [2.05, 4.69) is 10.6 Å². The van der Waals surface area contributed by atoms with E-state index in [-0.39, 0.29) is 0 Å². The molecule has 0 spiro atoms. The standard InChI is InChI=1S/C16H15Cl2N3O2S/c17-11-7-12(18)9-14(8-11)23-6-5-20-16(24)21-13-3-1-10(2-4-13)15(19)22/h1-4,7-9H,5-6H2,(H2,19,22)(H2,20,21,24). The summed E-state index contributed by atoms with van der Waals surface area (Å²) in [6.07, 6.45) is 0. The number of carbonyl (C=O) groups is 1. The third kappa shape index (κ3) is 5.88. The van der Waals surface area contributed by atoms with E-state index >= 15 is 0 Å². The second-order valence-corrected chi connectivity index (χ2v) is 6.06. The number of anilines is 1. The van der Waals surface area contributed by atoms with Crippen LogP contribution in [-0.4, -0.2) is 24.2 Å². The lowest BCUT2D eigenvalue weighted by atomic mass is 10.2. The van der Waals surface area contributed by atoms with E-state index in [0.717, 1.165) is 5.69 Å². The highest BCUT2D eigenvalue weighted by molar-refractivity contribution is 7.80. The van der Waals surface area contributed by atoms with Gasteiger partial charge in [-0.05, 0) is 54.7 Å². The van der Waals surface area contributed by atoms with Crippen LogP contribution < -0.4 is 21.1 Å². The molecule has 0 fully saturated rings. The van der Waals surface area contributed by atoms with E-state index in [1.165, 1.54) is 0 Å². The topological polar surface area (TPSA) is 76.4 Å². The highest BCUT2D eigenvalue weighted by Gasteiger charge is 2.02. The molecule has 126 valence electrons. The maximum atomic E-state index is 11.0. The number of thiocarbonyl (C=S) groups is 1. The second kappa shape index (κ2) is 8.73. The van der Waals surface area contributed by atoms with Gasteiger partial charge in [0.25, 0.3) is 0 Å². The van der Waals surface area contributed by atoms with Crippen LogP contribution in [0.2, 0.25) is 10.0 Å². The summed E-state index contributed by atoms with van der Waals surface area (Å²) in [6.45, 7) is 0.883. The molecule has 2 aromatic carbocycles. The Morgan fingerprint density at radius 3 is 2.33 bits per heavy atom. The molecule has 0 bridgehead atoms. The van der Waals surface area contributed by atoms with Crippen molar-refractivity contribution in [3.63, 3.8) is 0 Å². The molecule has 0 aliphatic heterocycles. The molecule has 5 nitrogen and oxygen atoms in total. The average Bonchev–Trinajstić information content (AvgIpc) is 2.51. The SMILES string of the molecule is NC(=O)c1ccc(NC(=S)NCCOc2cc(Cl)cc(Cl)c2)cc1. The third-order valence-electron chi connectivity index (χ3n) is 2.92. The van der Waals surface area contributed by atoms with Crippen LogP contribution in [0.5, 0.6) is 5.75 Å². The Morgan fingerprint density at radius 1 is 1.12 bits per heavy atom. The quantitative estimate of drug-likeness (QED) is 0.525. The highest BCUT2D eigenvalue weighted by atomic mass is 35.5. The first kappa shape index (κ1) is 18.3. The number of carbonyl (C=O) groups excluding carboxylic acids is 1. The predicted molar refractivity (Wildman–Crippen MR) is 101 cm³/mol. The van der Waals surface area contributed by atoms with Gasteiger partial charge in [-0.15, -0.1) is 0 Å². The van der Waals surface area contributed by atoms with Gasteiger partial charge in [0.05, 0.1) is 6.54 Å². The molecule has 24 heavy (non-hydrogen) atoms. The molecule has 0 unspecified atom stereocenters. The molecule has 4 N–H and O–H groups in total. The van der Waals surface area contributed by atoms with Crippen molar-refractivity contribution in [1.82, 2.24) is 5.32 Å². The number of nitrogens with one attached hydrogen (secondary N) is 2. The fraction of sp³-hybridized carbons (Fsp3) is 0.125. The monoisotopic (exact) mass is 383 g/mol. The number of hydrogen-bond acceptors (Lipinski definition) is 3. The molecule has 0 aliphatic rings. The number of benzene rings is 2. The molecular formula is C16H15Cl2N3O2S. The van der Waals surface area contributed by atoms with Gasteiger partial charge in [-0.25, -0.2) is 0 Å². The van der Waals surface area contributed by atoms with Crippen LogP contribution in [0.1, 0.15) is 10.4 Å². The molecular weight excluding hydrogens is 369 g/mol. The van der Waals surface area contributed by atoms with Gasteiger partial charge in [0.15, 0.2) is 5.11 Å². The normalized spacial score (nSPS) is 10.1. The minimum absolute atomic E-state index is 0.388. The Balaban J connectivity index is 1.74. The van der Waals surface area contributed by atoms with Crippen LogP contribution in [0.15, 0.2) is 42.5 Å². The van der Waals surface area contributed by atoms with Crippen molar-refractivity contribution in [3.8, 4) is 5.75 Å². The molecule has 2 aromatic rings. The number of rotatable bonds is 6. The molecule has 1 amide bonds. The Kier molecular flexibility index (Phi) is 6.66. The summed E-state index contributed by atoms with van der Waals surface area (Å²) in [4.78, 5) is 11.0. The molecule has 0 atom stereocenters. The van der Waals surface area contributed by atoms with E-state index in [1.807, 2.05) is 0 Å². The lowest BCUT2D eigenvalue weighted by Crippen LogP contribution is -2.31. The van der Waals surface area contributed by atoms with E-state index in [9.17, 15) is 4.79 Å². The zero-order valence-corrected chi connectivity index (χ0v) is 14.8. The number of halogens is 2. The van der Waals surface area contributed by atoms with E-state index in [0.29, 0.717) is 39.6 Å². The maximum Gasteiger partial charge on any atom is 0.248 e. The summed E-state index contributed by atoms with van der Waals surface area (Å²) in [6, 6.07) is 11.7. The molecule has 0 saturated heterocycles. The summed E-state index contributed by atoms with van der Waals surface area (Å²) in [5, 5.41) is 7.47. The minimum atomic E-state index is -0.472. The van der Waals surface area contributed by atoms with Crippen molar-refractivity contribution in [2.24, 2.45) is 5.73 Å². The Hall–Kier alpha value is -2.02. The Bertz CT molecular complexity index is 718. The zero-order chi connectivity index (χ0) is 17.5. The number of nitrogens with two attached hydrogens (primary N) is 1. The van der Waals surface area contributed by atoms with Gasteiger partial charge in [0.2, 0.25) is 5.91 Å². The van der Waals surface area contributed by atoms with Crippen molar-refractivity contribution in [2.75, 3.05) is 18.5 Å². The van der Waals surface area contributed by atoms with Gasteiger partial charge in [0, 0.05) is 21.3 Å². The first-order chi connectivity index (χ1) is 11.4. The maximum absolute atomic E-state index is 11.0. The lowest BCUT2D eigenvalue weighted by molar-refractivity contribution is 0.100. The molecule has 8 heteroatoms. The summed E-state index contributed by atoms with van der Waals surface area (Å²) >= 11 is 17.0. The molecule has 0 heterocycles. The number of primary amides is 1. The number of ether oxygens (including phenoxy) is 1. The number of amides is 1. The van der Waals surface area contributed by atoms with Crippen LogP contribution in [0, 0.1) is 0 Å². The van der Waals surface area contributed by atoms with Gasteiger partial charge in [-0.1, -0.05) is 23.2 Å². The second-order valence-electron chi connectivity index (χ2n) is 4.78. The first-order valence-corrected chi connectivity index (χ1v) is 8.14. The minimum Gasteiger partial charge on any atom is -0.492 e. The van der Waals surface area contributed by atoms with Crippen LogP contribution >= 0.6 is 35.4 Å².